The molecule has 3 rings (SSSR count). The third-order valence-electron chi connectivity index (χ3n) is 3.33. The van der Waals surface area contributed by atoms with Gasteiger partial charge in [0.15, 0.2) is 0 Å². The molecule has 0 saturated carbocycles. The molecule has 20 heavy (non-hydrogen) atoms. The van der Waals surface area contributed by atoms with Gasteiger partial charge in [0.05, 0.1) is 11.3 Å². The van der Waals surface area contributed by atoms with Crippen molar-refractivity contribution in [1.82, 2.24) is 9.88 Å². The van der Waals surface area contributed by atoms with Crippen molar-refractivity contribution in [3.63, 3.8) is 0 Å². The van der Waals surface area contributed by atoms with E-state index in [1.807, 2.05) is 32.9 Å². The molecule has 1 aromatic rings. The van der Waals surface area contributed by atoms with Gasteiger partial charge in [-0.25, -0.2) is 4.90 Å². The van der Waals surface area contributed by atoms with Gasteiger partial charge in [-0.05, 0) is 39.8 Å². The summed E-state index contributed by atoms with van der Waals surface area (Å²) in [5.74, 6) is 0.240. The Bertz CT molecular complexity index is 494. The minimum atomic E-state index is -0.616. The van der Waals surface area contributed by atoms with Crippen LogP contribution in [0.15, 0.2) is 18.3 Å². The first-order chi connectivity index (χ1) is 9.38. The average molecular weight is 278 g/mol. The van der Waals surface area contributed by atoms with Gasteiger partial charge in [0.1, 0.15) is 18.5 Å². The van der Waals surface area contributed by atoms with Gasteiger partial charge >= 0.3 is 0 Å². The van der Waals surface area contributed by atoms with Crippen LogP contribution in [-0.4, -0.2) is 40.7 Å². The number of rotatable bonds is 2. The zero-order valence-electron chi connectivity index (χ0n) is 12.5. The van der Waals surface area contributed by atoms with E-state index < -0.39 is 5.91 Å². The van der Waals surface area contributed by atoms with Gasteiger partial charge in [-0.15, -0.1) is 0 Å². The first kappa shape index (κ1) is 13.8. The molecule has 3 heterocycles. The molecule has 2 atom stereocenters. The second-order valence-electron chi connectivity index (χ2n) is 6.47. The van der Waals surface area contributed by atoms with E-state index in [-0.39, 0.29) is 11.7 Å². The van der Waals surface area contributed by atoms with Crippen molar-refractivity contribution in [3.05, 3.63) is 24.0 Å². The fraction of sp³-hybridized carbons (Fsp3) is 0.667. The molecule has 0 N–H and O–H groups in total. The summed E-state index contributed by atoms with van der Waals surface area (Å²) in [5, 5.41) is 0. The minimum Gasteiger partial charge on any atom is -0.487 e. The predicted octanol–water partition coefficient (Wildman–Crippen LogP) is 2.16. The minimum absolute atomic E-state index is 0.0742. The molecular formula is C15H22N2O3. The smallest absolute Gasteiger partial charge is 0.256 e. The van der Waals surface area contributed by atoms with E-state index in [1.54, 1.807) is 6.20 Å². The second kappa shape index (κ2) is 4.69. The maximum absolute atomic E-state index is 6.12. The summed E-state index contributed by atoms with van der Waals surface area (Å²) < 4.78 is 17.7. The topological polar surface area (TPSA) is 47.1 Å². The SMILES string of the molecule is C[C@@H]1CN(C2(OC(C)(C)C)CO2)Cc2ncccc2O1. The van der Waals surface area contributed by atoms with E-state index >= 15 is 0 Å². The third-order valence-corrected chi connectivity index (χ3v) is 3.33. The third kappa shape index (κ3) is 2.80. The molecule has 2 aliphatic rings. The lowest BCUT2D eigenvalue weighted by molar-refractivity contribution is -0.210. The Balaban J connectivity index is 1.84. The highest BCUT2D eigenvalue weighted by molar-refractivity contribution is 5.28. The lowest BCUT2D eigenvalue weighted by atomic mass is 10.2. The van der Waals surface area contributed by atoms with Crippen molar-refractivity contribution in [2.24, 2.45) is 0 Å². The van der Waals surface area contributed by atoms with Gasteiger partial charge in [0.2, 0.25) is 0 Å². The monoisotopic (exact) mass is 278 g/mol. The van der Waals surface area contributed by atoms with Crippen LogP contribution in [-0.2, 0) is 16.0 Å². The number of nitrogens with zero attached hydrogens (tertiary/aromatic N) is 2. The number of hydrogen-bond donors (Lipinski definition) is 0. The lowest BCUT2D eigenvalue weighted by Gasteiger charge is -2.33. The molecule has 1 saturated heterocycles. The number of fused-ring (bicyclic) bond motifs is 1. The Kier molecular flexibility index (Phi) is 3.23. The van der Waals surface area contributed by atoms with Crippen LogP contribution in [0.3, 0.4) is 0 Å². The summed E-state index contributed by atoms with van der Waals surface area (Å²) in [5.41, 5.74) is 0.684. The predicted molar refractivity (Wildman–Crippen MR) is 74.3 cm³/mol. The number of epoxide rings is 1. The first-order valence-corrected chi connectivity index (χ1v) is 7.08. The van der Waals surface area contributed by atoms with E-state index in [4.69, 9.17) is 14.2 Å². The summed E-state index contributed by atoms with van der Waals surface area (Å²) in [4.78, 5) is 6.61. The summed E-state index contributed by atoms with van der Waals surface area (Å²) >= 11 is 0. The molecule has 0 spiro atoms. The molecule has 1 fully saturated rings. The van der Waals surface area contributed by atoms with Crippen LogP contribution in [0.2, 0.25) is 0 Å². The number of pyridine rings is 1. The molecule has 110 valence electrons. The molecule has 0 aromatic carbocycles. The van der Waals surface area contributed by atoms with Crippen molar-refractivity contribution in [2.45, 2.75) is 51.9 Å². The molecular weight excluding hydrogens is 256 g/mol. The van der Waals surface area contributed by atoms with E-state index in [2.05, 4.69) is 16.8 Å². The highest BCUT2D eigenvalue weighted by Crippen LogP contribution is 2.39. The maximum Gasteiger partial charge on any atom is 0.256 e. The molecule has 5 nitrogen and oxygen atoms in total. The molecule has 0 aliphatic carbocycles. The highest BCUT2D eigenvalue weighted by Gasteiger charge is 2.55. The fourth-order valence-corrected chi connectivity index (χ4v) is 2.56. The Morgan fingerprint density at radius 3 is 2.85 bits per heavy atom. The van der Waals surface area contributed by atoms with Gasteiger partial charge in [-0.3, -0.25) is 4.98 Å². The molecule has 0 amide bonds. The van der Waals surface area contributed by atoms with Crippen LogP contribution in [0.1, 0.15) is 33.4 Å². The van der Waals surface area contributed by atoms with Crippen molar-refractivity contribution in [2.75, 3.05) is 13.2 Å². The lowest BCUT2D eigenvalue weighted by Crippen LogP contribution is -2.47. The van der Waals surface area contributed by atoms with Gasteiger partial charge in [-0.1, -0.05) is 0 Å². The van der Waals surface area contributed by atoms with Crippen LogP contribution < -0.4 is 4.74 Å². The van der Waals surface area contributed by atoms with Crippen LogP contribution in [0, 0.1) is 0 Å². The molecule has 5 heteroatoms. The zero-order chi connectivity index (χ0) is 14.4. The van der Waals surface area contributed by atoms with E-state index in [0.717, 1.165) is 18.0 Å². The standard InChI is InChI=1S/C15H22N2O3/c1-11-8-17(15(10-18-15)20-14(2,3)4)9-12-13(19-11)6-5-7-16-12/h5-7,11H,8-10H2,1-4H3/t11-,15?/m1/s1. The maximum atomic E-state index is 6.12. The Morgan fingerprint density at radius 1 is 1.45 bits per heavy atom. The Hall–Kier alpha value is -1.17. The Labute approximate surface area is 119 Å². The highest BCUT2D eigenvalue weighted by atomic mass is 16.8. The van der Waals surface area contributed by atoms with Gasteiger partial charge in [-0.2, -0.15) is 0 Å². The summed E-state index contributed by atoms with van der Waals surface area (Å²) in [6, 6.07) is 3.86. The first-order valence-electron chi connectivity index (χ1n) is 7.08. The van der Waals surface area contributed by atoms with Crippen LogP contribution in [0.25, 0.3) is 0 Å². The van der Waals surface area contributed by atoms with Crippen molar-refractivity contribution >= 4 is 0 Å². The molecule has 0 bridgehead atoms. The van der Waals surface area contributed by atoms with Crippen molar-refractivity contribution in [1.29, 1.82) is 0 Å². The summed E-state index contributed by atoms with van der Waals surface area (Å²) in [6.45, 7) is 10.2. The van der Waals surface area contributed by atoms with E-state index in [9.17, 15) is 0 Å². The molecule has 2 aliphatic heterocycles. The second-order valence-corrected chi connectivity index (χ2v) is 6.47. The quantitative estimate of drug-likeness (QED) is 0.776. The van der Waals surface area contributed by atoms with Crippen molar-refractivity contribution in [3.8, 4) is 5.75 Å². The van der Waals surface area contributed by atoms with Gasteiger partial charge in [0.25, 0.3) is 5.91 Å². The summed E-state index contributed by atoms with van der Waals surface area (Å²) in [6.07, 6.45) is 1.87. The fourth-order valence-electron chi connectivity index (χ4n) is 2.56. The Morgan fingerprint density at radius 2 is 2.20 bits per heavy atom. The largest absolute Gasteiger partial charge is 0.487 e. The molecule has 0 radical (unpaired) electrons. The number of aromatic nitrogens is 1. The van der Waals surface area contributed by atoms with E-state index in [1.165, 1.54) is 0 Å². The molecule has 1 unspecified atom stereocenters. The van der Waals surface area contributed by atoms with Crippen LogP contribution >= 0.6 is 0 Å². The normalized spacial score (nSPS) is 30.3. The van der Waals surface area contributed by atoms with Crippen LogP contribution in [0.4, 0.5) is 0 Å². The average Bonchev–Trinajstić information content (AvgIpc) is 3.10. The van der Waals surface area contributed by atoms with E-state index in [0.29, 0.717) is 13.2 Å². The molecule has 1 aromatic heterocycles. The number of hydrogen-bond acceptors (Lipinski definition) is 5. The van der Waals surface area contributed by atoms with Gasteiger partial charge < -0.3 is 14.2 Å². The summed E-state index contributed by atoms with van der Waals surface area (Å²) in [7, 11) is 0. The number of ether oxygens (including phenoxy) is 3. The van der Waals surface area contributed by atoms with Gasteiger partial charge in [0, 0.05) is 19.3 Å². The van der Waals surface area contributed by atoms with Crippen molar-refractivity contribution < 1.29 is 14.2 Å². The van der Waals surface area contributed by atoms with Crippen LogP contribution in [0.5, 0.6) is 5.75 Å². The zero-order valence-corrected chi connectivity index (χ0v) is 12.5.